The molecule has 8 rings (SSSR count). The first-order valence-corrected chi connectivity index (χ1v) is 27.9. The first kappa shape index (κ1) is 55.6. The van der Waals surface area contributed by atoms with Gasteiger partial charge in [-0.2, -0.15) is 0 Å². The molecule has 0 aliphatic carbocycles. The molecule has 370 valence electrons. The summed E-state index contributed by atoms with van der Waals surface area (Å²) >= 11 is 12.4. The van der Waals surface area contributed by atoms with Crippen molar-refractivity contribution in [3.63, 3.8) is 0 Å². The summed E-state index contributed by atoms with van der Waals surface area (Å²) in [5, 5.41) is 4.01. The number of H-pyrrole nitrogens is 1. The Hall–Kier alpha value is -5.32. The number of alkyl halides is 1. The number of nitrogens with one attached hydrogen (secondary N) is 3. The van der Waals surface area contributed by atoms with Crippen LogP contribution in [-0.4, -0.2) is 71.8 Å². The highest BCUT2D eigenvalue weighted by atomic mass is 127. The van der Waals surface area contributed by atoms with Crippen molar-refractivity contribution in [3.8, 4) is 22.6 Å². The second kappa shape index (κ2) is 24.2. The van der Waals surface area contributed by atoms with E-state index in [1.165, 1.54) is 89.5 Å². The molecule has 0 saturated heterocycles. The zero-order valence-corrected chi connectivity index (χ0v) is 46.3. The number of halogens is 5. The number of amides is 1. The van der Waals surface area contributed by atoms with Crippen molar-refractivity contribution in [2.45, 2.75) is 13.8 Å². The molecule has 0 unspecified atom stereocenters. The van der Waals surface area contributed by atoms with E-state index in [1.54, 1.807) is 39.5 Å². The number of hydrogen-bond acceptors (Lipinski definition) is 14. The standard InChI is InChI=1S/C25H23F2N3O5S2.C10H8BrNO3S.C9H6BrNO3S.CH3I/c1-4-28-24(31)22-12-17-23(36-22)18(13-30(3)25(17)32)16-11-15(29-37(33,34)5-2)7-9-20(16)35-21-8-6-14(26)10-19(21)27;1-12-4-6(11)8-5(9(12)13)3-7(16-8)10(14)15-2;1-14-9(13)6-2-4-7(15-6)5(10)3-11-8(4)12;1-2/h6-13,29H,4-5H2,1-3H3,(H,28,31);3-4H,1-2H3;2-3H,1H3,(H,11,12);1H3. The van der Waals surface area contributed by atoms with Gasteiger partial charge in [-0.3, -0.25) is 23.9 Å². The number of fused-ring (bicyclic) bond motifs is 3. The fraction of sp³-hybridized carbons (Fsp3) is 0.200. The lowest BCUT2D eigenvalue weighted by molar-refractivity contribution is 0.0597. The van der Waals surface area contributed by atoms with E-state index in [1.807, 2.05) is 4.93 Å². The third kappa shape index (κ3) is 12.8. The molecule has 25 heteroatoms. The number of ether oxygens (including phenoxy) is 3. The van der Waals surface area contributed by atoms with Crippen LogP contribution in [0.4, 0.5) is 14.5 Å². The van der Waals surface area contributed by atoms with Crippen molar-refractivity contribution in [3.05, 3.63) is 139 Å². The largest absolute Gasteiger partial charge is 0.465 e. The van der Waals surface area contributed by atoms with Gasteiger partial charge in [0.1, 0.15) is 21.3 Å². The van der Waals surface area contributed by atoms with Gasteiger partial charge in [-0.1, -0.05) is 22.6 Å². The van der Waals surface area contributed by atoms with Crippen molar-refractivity contribution in [2.24, 2.45) is 14.1 Å². The third-order valence-corrected chi connectivity index (χ3v) is 16.1. The highest BCUT2D eigenvalue weighted by Gasteiger charge is 2.22. The van der Waals surface area contributed by atoms with Gasteiger partial charge in [0.2, 0.25) is 10.0 Å². The summed E-state index contributed by atoms with van der Waals surface area (Å²) in [4.78, 5) is 76.9. The summed E-state index contributed by atoms with van der Waals surface area (Å²) in [5.74, 6) is -3.18. The van der Waals surface area contributed by atoms with Gasteiger partial charge in [0.15, 0.2) is 11.6 Å². The number of hydrogen-bond donors (Lipinski definition) is 3. The average molecular weight is 1280 g/mol. The zero-order valence-electron chi connectivity index (χ0n) is 37.8. The van der Waals surface area contributed by atoms with Crippen LogP contribution in [-0.2, 0) is 33.6 Å². The smallest absolute Gasteiger partial charge is 0.348 e. The van der Waals surface area contributed by atoms with Gasteiger partial charge in [-0.05, 0) is 99.2 Å². The van der Waals surface area contributed by atoms with Crippen molar-refractivity contribution >= 4 is 152 Å². The Morgan fingerprint density at radius 1 is 0.729 bits per heavy atom. The number of aromatic amines is 1. The summed E-state index contributed by atoms with van der Waals surface area (Å²) in [6, 6.07) is 11.9. The normalized spacial score (nSPS) is 10.9. The van der Waals surface area contributed by atoms with E-state index in [2.05, 4.69) is 78.9 Å². The minimum absolute atomic E-state index is 0.121. The number of anilines is 1. The van der Waals surface area contributed by atoms with Crippen LogP contribution in [0.2, 0.25) is 0 Å². The number of sulfonamides is 1. The minimum atomic E-state index is -3.62. The highest BCUT2D eigenvalue weighted by molar-refractivity contribution is 14.1. The fourth-order valence-electron chi connectivity index (χ4n) is 6.24. The number of methoxy groups -OCH3 is 2. The Bertz CT molecular complexity index is 3590. The Labute approximate surface area is 440 Å². The molecule has 3 N–H and O–H groups in total. The summed E-state index contributed by atoms with van der Waals surface area (Å²) in [6.07, 6.45) is 4.77. The van der Waals surface area contributed by atoms with Crippen molar-refractivity contribution in [1.82, 2.24) is 19.4 Å². The van der Waals surface area contributed by atoms with E-state index in [4.69, 9.17) is 4.74 Å². The van der Waals surface area contributed by atoms with Gasteiger partial charge < -0.3 is 33.6 Å². The van der Waals surface area contributed by atoms with Crippen LogP contribution in [0, 0.1) is 11.6 Å². The maximum absolute atomic E-state index is 14.4. The van der Waals surface area contributed by atoms with E-state index in [0.29, 0.717) is 53.8 Å². The number of benzene rings is 2. The molecular weight excluding hydrogens is 1240 g/mol. The summed E-state index contributed by atoms with van der Waals surface area (Å²) in [6.45, 7) is 3.67. The number of aryl methyl sites for hydroxylation is 2. The lowest BCUT2D eigenvalue weighted by Crippen LogP contribution is -2.21. The first-order chi connectivity index (χ1) is 33.2. The summed E-state index contributed by atoms with van der Waals surface area (Å²) in [7, 11) is 2.22. The van der Waals surface area contributed by atoms with Gasteiger partial charge in [-0.25, -0.2) is 26.8 Å². The molecule has 6 aromatic heterocycles. The number of thiophene rings is 3. The van der Waals surface area contributed by atoms with Gasteiger partial charge in [0.05, 0.1) is 64.1 Å². The Morgan fingerprint density at radius 3 is 1.84 bits per heavy atom. The number of rotatable bonds is 10. The molecule has 1 amide bonds. The Morgan fingerprint density at radius 2 is 1.27 bits per heavy atom. The third-order valence-electron chi connectivity index (χ3n) is 9.55. The first-order valence-electron chi connectivity index (χ1n) is 20.0. The maximum atomic E-state index is 14.4. The molecule has 16 nitrogen and oxygen atoms in total. The Balaban J connectivity index is 0.000000226. The van der Waals surface area contributed by atoms with Gasteiger partial charge >= 0.3 is 11.9 Å². The maximum Gasteiger partial charge on any atom is 0.348 e. The molecule has 0 radical (unpaired) electrons. The highest BCUT2D eigenvalue weighted by Crippen LogP contribution is 2.41. The molecule has 8 aromatic rings. The van der Waals surface area contributed by atoms with Gasteiger partial charge in [0, 0.05) is 62.1 Å². The van der Waals surface area contributed by atoms with Crippen LogP contribution in [0.5, 0.6) is 11.5 Å². The van der Waals surface area contributed by atoms with Crippen LogP contribution in [0.15, 0.2) is 96.5 Å². The second-order valence-electron chi connectivity index (χ2n) is 14.1. The van der Waals surface area contributed by atoms with Crippen LogP contribution in [0.25, 0.3) is 41.4 Å². The van der Waals surface area contributed by atoms with Crippen molar-refractivity contribution in [1.29, 1.82) is 0 Å². The zero-order chi connectivity index (χ0) is 51.8. The quantitative estimate of drug-likeness (QED) is 0.0665. The van der Waals surface area contributed by atoms with Gasteiger partial charge in [0.25, 0.3) is 22.6 Å². The fourth-order valence-corrected chi connectivity index (χ4v) is 11.2. The molecule has 0 atom stereocenters. The van der Waals surface area contributed by atoms with Crippen molar-refractivity contribution in [2.75, 3.05) is 36.2 Å². The average Bonchev–Trinajstić information content (AvgIpc) is 4.12. The van der Waals surface area contributed by atoms with E-state index < -0.39 is 33.6 Å². The van der Waals surface area contributed by atoms with Crippen molar-refractivity contribution < 1.29 is 45.8 Å². The molecule has 0 bridgehead atoms. The number of aromatic nitrogens is 3. The number of carbonyl (C=O) groups excluding carboxylic acids is 3. The number of pyridine rings is 3. The van der Waals surface area contributed by atoms with Crippen LogP contribution in [0.3, 0.4) is 0 Å². The predicted molar refractivity (Wildman–Crippen MR) is 288 cm³/mol. The predicted octanol–water partition coefficient (Wildman–Crippen LogP) is 10.2. The minimum Gasteiger partial charge on any atom is -0.465 e. The van der Waals surface area contributed by atoms with E-state index in [0.717, 1.165) is 41.8 Å². The summed E-state index contributed by atoms with van der Waals surface area (Å²) in [5.41, 5.74) is 0.327. The molecule has 0 aliphatic rings. The molecule has 2 aromatic carbocycles. The number of nitrogens with zero attached hydrogens (tertiary/aromatic N) is 2. The molecular formula is C45H40Br2F2IN5O11S4. The molecule has 0 spiro atoms. The van der Waals surface area contributed by atoms with Crippen LogP contribution < -0.4 is 31.5 Å². The van der Waals surface area contributed by atoms with E-state index in [9.17, 15) is 46.0 Å². The van der Waals surface area contributed by atoms with E-state index in [-0.39, 0.29) is 50.9 Å². The monoisotopic (exact) mass is 1280 g/mol. The second-order valence-corrected chi connectivity index (χ2v) is 21.0. The molecule has 0 saturated carbocycles. The number of esters is 2. The molecule has 6 heterocycles. The summed E-state index contributed by atoms with van der Waals surface area (Å²) < 4.78 is 76.1. The topological polar surface area (TPSA) is 214 Å². The SMILES string of the molecule is CCNC(=O)c1cc2c(=O)n(C)cc(-c3cc(NS(=O)(=O)CC)ccc3Oc3ccc(F)cc3F)c2s1.CI.COC(=O)c1cc2c(=O)[nH]cc(Br)c2s1.COC(=O)c1cc2c(=O)n(C)cc(Br)c2s1. The molecule has 0 aliphatic heterocycles. The van der Waals surface area contributed by atoms with Crippen LogP contribution >= 0.6 is 88.5 Å². The lowest BCUT2D eigenvalue weighted by atomic mass is 10.0. The molecule has 0 fully saturated rings. The lowest BCUT2D eigenvalue weighted by Gasteiger charge is -2.16. The van der Waals surface area contributed by atoms with Crippen LogP contribution in [0.1, 0.15) is 42.9 Å². The molecule has 70 heavy (non-hydrogen) atoms. The van der Waals surface area contributed by atoms with Gasteiger partial charge in [-0.15, -0.1) is 34.0 Å². The van der Waals surface area contributed by atoms with E-state index >= 15 is 0 Å². The number of carbonyl (C=O) groups is 3. The Kier molecular flexibility index (Phi) is 19.2.